The van der Waals surface area contributed by atoms with Crippen LogP contribution >= 0.6 is 0 Å². The smallest absolute Gasteiger partial charge is 0.254 e. The number of rotatable bonds is 3. The van der Waals surface area contributed by atoms with Gasteiger partial charge in [-0.25, -0.2) is 15.0 Å². The quantitative estimate of drug-likeness (QED) is 0.543. The molecule has 1 amide bonds. The average Bonchev–Trinajstić information content (AvgIpc) is 3.23. The monoisotopic (exact) mass is 384 g/mol. The highest BCUT2D eigenvalue weighted by Gasteiger charge is 2.23. The number of anilines is 1. The molecular weight excluding hydrogens is 364 g/mol. The predicted molar refractivity (Wildman–Crippen MR) is 111 cm³/mol. The number of hydrogen-bond acceptors (Lipinski definition) is 5. The van der Waals surface area contributed by atoms with Gasteiger partial charge in [0.05, 0.1) is 11.0 Å². The Hall–Kier alpha value is -3.74. The highest BCUT2D eigenvalue weighted by atomic mass is 16.2. The van der Waals surface area contributed by atoms with Crippen LogP contribution in [0.3, 0.4) is 0 Å². The Balaban J connectivity index is 1.33. The number of piperazine rings is 1. The SMILES string of the molecule is O=C(c1ccc2c(c1)ncn2-c1ccccc1)N1CCN(c2ncccn2)CC1. The Labute approximate surface area is 168 Å². The summed E-state index contributed by atoms with van der Waals surface area (Å²) in [5, 5.41) is 0. The summed E-state index contributed by atoms with van der Waals surface area (Å²) in [4.78, 5) is 30.1. The van der Waals surface area contributed by atoms with Crippen molar-refractivity contribution < 1.29 is 4.79 Å². The molecule has 1 aliphatic heterocycles. The van der Waals surface area contributed by atoms with Gasteiger partial charge >= 0.3 is 0 Å². The highest BCUT2D eigenvalue weighted by molar-refractivity contribution is 5.97. The summed E-state index contributed by atoms with van der Waals surface area (Å²) >= 11 is 0. The third kappa shape index (κ3) is 3.31. The van der Waals surface area contributed by atoms with E-state index in [0.29, 0.717) is 24.6 Å². The molecule has 4 aromatic rings. The topological polar surface area (TPSA) is 67.2 Å². The lowest BCUT2D eigenvalue weighted by molar-refractivity contribution is 0.0746. The fourth-order valence-corrected chi connectivity index (χ4v) is 3.69. The molecule has 1 saturated heterocycles. The van der Waals surface area contributed by atoms with Gasteiger partial charge < -0.3 is 9.80 Å². The van der Waals surface area contributed by atoms with Gasteiger partial charge in [-0.2, -0.15) is 0 Å². The van der Waals surface area contributed by atoms with E-state index in [4.69, 9.17) is 0 Å². The van der Waals surface area contributed by atoms with E-state index < -0.39 is 0 Å². The molecule has 3 heterocycles. The molecule has 0 spiro atoms. The van der Waals surface area contributed by atoms with Gasteiger partial charge in [0.1, 0.15) is 6.33 Å². The fourth-order valence-electron chi connectivity index (χ4n) is 3.69. The summed E-state index contributed by atoms with van der Waals surface area (Å²) in [7, 11) is 0. The van der Waals surface area contributed by atoms with Gasteiger partial charge in [0.2, 0.25) is 5.95 Å². The van der Waals surface area contributed by atoms with E-state index >= 15 is 0 Å². The van der Waals surface area contributed by atoms with E-state index in [2.05, 4.69) is 19.9 Å². The molecule has 2 aromatic carbocycles. The molecule has 7 nitrogen and oxygen atoms in total. The average molecular weight is 384 g/mol. The minimum Gasteiger partial charge on any atom is -0.337 e. The van der Waals surface area contributed by atoms with Gasteiger partial charge in [-0.05, 0) is 36.4 Å². The van der Waals surface area contributed by atoms with Crippen LogP contribution in [0.5, 0.6) is 0 Å². The van der Waals surface area contributed by atoms with E-state index in [-0.39, 0.29) is 5.91 Å². The van der Waals surface area contributed by atoms with Crippen LogP contribution in [0, 0.1) is 0 Å². The summed E-state index contributed by atoms with van der Waals surface area (Å²) in [6.07, 6.45) is 5.28. The molecule has 1 fully saturated rings. The van der Waals surface area contributed by atoms with Crippen molar-refractivity contribution in [3.8, 4) is 5.69 Å². The number of nitrogens with zero attached hydrogens (tertiary/aromatic N) is 6. The third-order valence-electron chi connectivity index (χ3n) is 5.23. The number of para-hydroxylation sites is 1. The second kappa shape index (κ2) is 7.35. The van der Waals surface area contributed by atoms with Crippen LogP contribution in [-0.4, -0.2) is 56.5 Å². The zero-order valence-corrected chi connectivity index (χ0v) is 15.8. The number of carbonyl (C=O) groups excluding carboxylic acids is 1. The molecule has 0 unspecified atom stereocenters. The summed E-state index contributed by atoms with van der Waals surface area (Å²) in [5.41, 5.74) is 3.52. The normalized spacial score (nSPS) is 14.3. The first-order chi connectivity index (χ1) is 14.3. The van der Waals surface area contributed by atoms with Crippen LogP contribution < -0.4 is 4.90 Å². The molecule has 0 atom stereocenters. The second-order valence-corrected chi connectivity index (χ2v) is 6.98. The molecule has 0 radical (unpaired) electrons. The van der Waals surface area contributed by atoms with Crippen molar-refractivity contribution in [1.82, 2.24) is 24.4 Å². The number of fused-ring (bicyclic) bond motifs is 1. The number of hydrogen-bond donors (Lipinski definition) is 0. The summed E-state index contributed by atoms with van der Waals surface area (Å²) in [6.45, 7) is 2.74. The molecule has 5 rings (SSSR count). The van der Waals surface area contributed by atoms with Crippen LogP contribution in [-0.2, 0) is 0 Å². The molecule has 7 heteroatoms. The number of amides is 1. The summed E-state index contributed by atoms with van der Waals surface area (Å²) in [5.74, 6) is 0.752. The zero-order chi connectivity index (χ0) is 19.6. The molecule has 2 aromatic heterocycles. The second-order valence-electron chi connectivity index (χ2n) is 6.98. The first-order valence-corrected chi connectivity index (χ1v) is 9.63. The van der Waals surface area contributed by atoms with Crippen molar-refractivity contribution in [3.63, 3.8) is 0 Å². The zero-order valence-electron chi connectivity index (χ0n) is 15.8. The number of carbonyl (C=O) groups is 1. The van der Waals surface area contributed by atoms with Gasteiger partial charge in [-0.3, -0.25) is 9.36 Å². The molecule has 0 aliphatic carbocycles. The Kier molecular flexibility index (Phi) is 4.40. The summed E-state index contributed by atoms with van der Waals surface area (Å²) < 4.78 is 2.03. The van der Waals surface area contributed by atoms with E-state index in [0.717, 1.165) is 29.8 Å². The standard InChI is InChI=1S/C22H20N6O/c29-21(26-11-13-27(14-12-26)22-23-9-4-10-24-22)17-7-8-20-19(15-17)25-16-28(20)18-5-2-1-3-6-18/h1-10,15-16H,11-14H2. The van der Waals surface area contributed by atoms with Gasteiger partial charge in [-0.1, -0.05) is 18.2 Å². The van der Waals surface area contributed by atoms with Gasteiger partial charge in [0.25, 0.3) is 5.91 Å². The minimum absolute atomic E-state index is 0.0368. The highest BCUT2D eigenvalue weighted by Crippen LogP contribution is 2.21. The lowest BCUT2D eigenvalue weighted by atomic mass is 10.1. The maximum absolute atomic E-state index is 13.0. The van der Waals surface area contributed by atoms with E-state index in [1.165, 1.54) is 0 Å². The van der Waals surface area contributed by atoms with Crippen molar-refractivity contribution in [2.24, 2.45) is 0 Å². The maximum atomic E-state index is 13.0. The maximum Gasteiger partial charge on any atom is 0.254 e. The first kappa shape index (κ1) is 17.4. The molecular formula is C22H20N6O. The largest absolute Gasteiger partial charge is 0.337 e. The molecule has 144 valence electrons. The third-order valence-corrected chi connectivity index (χ3v) is 5.23. The van der Waals surface area contributed by atoms with E-state index in [9.17, 15) is 4.79 Å². The van der Waals surface area contributed by atoms with E-state index in [1.807, 2.05) is 58.0 Å². The van der Waals surface area contributed by atoms with Crippen molar-refractivity contribution >= 4 is 22.9 Å². The molecule has 0 saturated carbocycles. The summed E-state index contributed by atoms with van der Waals surface area (Å²) in [6, 6.07) is 17.6. The lowest BCUT2D eigenvalue weighted by Crippen LogP contribution is -2.49. The first-order valence-electron chi connectivity index (χ1n) is 9.63. The van der Waals surface area contributed by atoms with Crippen molar-refractivity contribution in [1.29, 1.82) is 0 Å². The molecule has 29 heavy (non-hydrogen) atoms. The molecule has 0 N–H and O–H groups in total. The van der Waals surface area contributed by atoms with Crippen LogP contribution in [0.1, 0.15) is 10.4 Å². The Morgan fingerprint density at radius 3 is 2.34 bits per heavy atom. The van der Waals surface area contributed by atoms with E-state index in [1.54, 1.807) is 24.8 Å². The van der Waals surface area contributed by atoms with Crippen LogP contribution in [0.15, 0.2) is 73.3 Å². The van der Waals surface area contributed by atoms with Crippen LogP contribution in [0.4, 0.5) is 5.95 Å². The number of imidazole rings is 1. The Morgan fingerprint density at radius 1 is 0.828 bits per heavy atom. The van der Waals surface area contributed by atoms with Crippen LogP contribution in [0.2, 0.25) is 0 Å². The molecule has 1 aliphatic rings. The number of benzene rings is 2. The van der Waals surface area contributed by atoms with Crippen molar-refractivity contribution in [2.45, 2.75) is 0 Å². The Morgan fingerprint density at radius 2 is 1.59 bits per heavy atom. The fraction of sp³-hybridized carbons (Fsp3) is 0.182. The Bertz CT molecular complexity index is 1130. The lowest BCUT2D eigenvalue weighted by Gasteiger charge is -2.34. The number of aromatic nitrogens is 4. The van der Waals surface area contributed by atoms with Gasteiger partial charge in [-0.15, -0.1) is 0 Å². The predicted octanol–water partition coefficient (Wildman–Crippen LogP) is 2.78. The van der Waals surface area contributed by atoms with Gasteiger partial charge in [0.15, 0.2) is 0 Å². The van der Waals surface area contributed by atoms with Crippen molar-refractivity contribution in [2.75, 3.05) is 31.1 Å². The van der Waals surface area contributed by atoms with Crippen molar-refractivity contribution in [3.05, 3.63) is 78.9 Å². The van der Waals surface area contributed by atoms with Crippen LogP contribution in [0.25, 0.3) is 16.7 Å². The van der Waals surface area contributed by atoms with Gasteiger partial charge in [0, 0.05) is 49.8 Å². The minimum atomic E-state index is 0.0368. The molecule has 0 bridgehead atoms.